The van der Waals surface area contributed by atoms with Crippen molar-refractivity contribution in [2.45, 2.75) is 0 Å². The second-order valence-electron chi connectivity index (χ2n) is 4.94. The van der Waals surface area contributed by atoms with Crippen LogP contribution in [-0.4, -0.2) is 67.3 Å². The average Bonchev–Trinajstić information content (AvgIpc) is 2.42. The van der Waals surface area contributed by atoms with E-state index in [0.717, 1.165) is 38.8 Å². The van der Waals surface area contributed by atoms with Gasteiger partial charge < -0.3 is 14.7 Å². The fourth-order valence-electron chi connectivity index (χ4n) is 2.11. The van der Waals surface area contributed by atoms with Crippen LogP contribution in [0.2, 0.25) is 0 Å². The van der Waals surface area contributed by atoms with Crippen LogP contribution >= 0.6 is 0 Å². The molecule has 1 aliphatic heterocycles. The predicted octanol–water partition coefficient (Wildman–Crippen LogP) is 1.15. The maximum Gasteiger partial charge on any atom is 0.335 e. The topological polar surface area (TPSA) is 53.0 Å². The molecule has 2 rings (SSSR count). The number of aromatic carboxylic acids is 1. The number of hydrogen-bond acceptors (Lipinski definition) is 4. The summed E-state index contributed by atoms with van der Waals surface area (Å²) in [4.78, 5) is 15.2. The van der Waals surface area contributed by atoms with Crippen LogP contribution in [0.4, 0.5) is 4.39 Å². The second-order valence-corrected chi connectivity index (χ2v) is 4.94. The summed E-state index contributed by atoms with van der Waals surface area (Å²) in [7, 11) is 2.09. The first kappa shape index (κ1) is 14.7. The first-order chi connectivity index (χ1) is 9.56. The van der Waals surface area contributed by atoms with Crippen molar-refractivity contribution >= 4 is 5.97 Å². The van der Waals surface area contributed by atoms with Gasteiger partial charge >= 0.3 is 5.97 Å². The fraction of sp³-hybridized carbons (Fsp3) is 0.500. The molecule has 0 spiro atoms. The molecule has 1 N–H and O–H groups in total. The predicted molar refractivity (Wildman–Crippen MR) is 72.8 cm³/mol. The molecule has 110 valence electrons. The highest BCUT2D eigenvalue weighted by Gasteiger charge is 2.14. The van der Waals surface area contributed by atoms with Crippen molar-refractivity contribution in [3.05, 3.63) is 29.6 Å². The van der Waals surface area contributed by atoms with Gasteiger partial charge in [0.2, 0.25) is 0 Å². The smallest absolute Gasteiger partial charge is 0.335 e. The first-order valence-corrected chi connectivity index (χ1v) is 6.63. The summed E-state index contributed by atoms with van der Waals surface area (Å²) >= 11 is 0. The molecule has 0 unspecified atom stereocenters. The Morgan fingerprint density at radius 2 is 2.05 bits per heavy atom. The zero-order valence-corrected chi connectivity index (χ0v) is 11.5. The number of hydrogen-bond donors (Lipinski definition) is 1. The van der Waals surface area contributed by atoms with Gasteiger partial charge in [0.05, 0.1) is 5.56 Å². The number of carbonyl (C=O) groups is 1. The summed E-state index contributed by atoms with van der Waals surface area (Å²) in [5, 5.41) is 8.75. The van der Waals surface area contributed by atoms with Gasteiger partial charge in [0.1, 0.15) is 6.61 Å². The van der Waals surface area contributed by atoms with Crippen LogP contribution in [0, 0.1) is 5.82 Å². The highest BCUT2D eigenvalue weighted by Crippen LogP contribution is 2.18. The maximum atomic E-state index is 13.6. The van der Waals surface area contributed by atoms with E-state index in [1.807, 2.05) is 0 Å². The minimum absolute atomic E-state index is 0.0751. The van der Waals surface area contributed by atoms with Crippen molar-refractivity contribution in [1.82, 2.24) is 9.80 Å². The molecule has 0 saturated carbocycles. The van der Waals surface area contributed by atoms with E-state index in [2.05, 4.69) is 16.8 Å². The minimum atomic E-state index is -1.15. The van der Waals surface area contributed by atoms with E-state index >= 15 is 0 Å². The molecule has 1 saturated heterocycles. The van der Waals surface area contributed by atoms with Gasteiger partial charge in [0.25, 0.3) is 0 Å². The van der Waals surface area contributed by atoms with Crippen molar-refractivity contribution in [3.63, 3.8) is 0 Å². The summed E-state index contributed by atoms with van der Waals surface area (Å²) in [6.45, 7) is 5.17. The second kappa shape index (κ2) is 6.67. The van der Waals surface area contributed by atoms with Crippen LogP contribution in [0.5, 0.6) is 5.75 Å². The van der Waals surface area contributed by atoms with Crippen LogP contribution in [0.25, 0.3) is 0 Å². The molecule has 0 amide bonds. The number of likely N-dealkylation sites (N-methyl/N-ethyl adjacent to an activating group) is 1. The molecule has 0 atom stereocenters. The quantitative estimate of drug-likeness (QED) is 0.878. The summed E-state index contributed by atoms with van der Waals surface area (Å²) in [6.07, 6.45) is 0. The molecule has 1 aromatic rings. The number of piperazine rings is 1. The van der Waals surface area contributed by atoms with Crippen LogP contribution in [-0.2, 0) is 0 Å². The van der Waals surface area contributed by atoms with Crippen molar-refractivity contribution in [3.8, 4) is 5.75 Å². The molecular weight excluding hydrogens is 263 g/mol. The third-order valence-electron chi connectivity index (χ3n) is 3.44. The lowest BCUT2D eigenvalue weighted by Gasteiger charge is -2.32. The van der Waals surface area contributed by atoms with Gasteiger partial charge in [-0.2, -0.15) is 0 Å². The fourth-order valence-corrected chi connectivity index (χ4v) is 2.11. The monoisotopic (exact) mass is 282 g/mol. The number of rotatable bonds is 5. The van der Waals surface area contributed by atoms with Gasteiger partial charge in [-0.1, -0.05) is 0 Å². The van der Waals surface area contributed by atoms with Gasteiger partial charge in [-0.05, 0) is 25.2 Å². The normalized spacial score (nSPS) is 17.1. The van der Waals surface area contributed by atoms with Crippen molar-refractivity contribution < 1.29 is 19.0 Å². The van der Waals surface area contributed by atoms with Crippen LogP contribution in [0.3, 0.4) is 0 Å². The Kier molecular flexibility index (Phi) is 4.92. The zero-order chi connectivity index (χ0) is 14.5. The van der Waals surface area contributed by atoms with Crippen LogP contribution < -0.4 is 4.74 Å². The number of halogens is 1. The summed E-state index contributed by atoms with van der Waals surface area (Å²) < 4.78 is 19.0. The van der Waals surface area contributed by atoms with E-state index in [4.69, 9.17) is 9.84 Å². The van der Waals surface area contributed by atoms with E-state index in [0.29, 0.717) is 6.61 Å². The largest absolute Gasteiger partial charge is 0.489 e. The van der Waals surface area contributed by atoms with Gasteiger partial charge in [0.15, 0.2) is 11.6 Å². The molecule has 20 heavy (non-hydrogen) atoms. The highest BCUT2D eigenvalue weighted by atomic mass is 19.1. The summed E-state index contributed by atoms with van der Waals surface area (Å²) in [5.74, 6) is -1.68. The summed E-state index contributed by atoms with van der Waals surface area (Å²) in [6, 6.07) is 3.69. The van der Waals surface area contributed by atoms with Gasteiger partial charge in [-0.25, -0.2) is 9.18 Å². The Hall–Kier alpha value is -1.66. The number of carboxylic acids is 1. The number of benzene rings is 1. The van der Waals surface area contributed by atoms with E-state index in [-0.39, 0.29) is 11.3 Å². The molecule has 1 aliphatic rings. The standard InChI is InChI=1S/C14H19FN2O3/c1-16-4-6-17(7-5-16)8-9-20-13-3-2-11(14(18)19)10-12(13)15/h2-3,10H,4-9H2,1H3,(H,18,19). The van der Waals surface area contributed by atoms with Crippen molar-refractivity contribution in [2.24, 2.45) is 0 Å². The molecule has 1 aromatic carbocycles. The molecule has 0 aromatic heterocycles. The zero-order valence-electron chi connectivity index (χ0n) is 11.5. The summed E-state index contributed by atoms with van der Waals surface area (Å²) in [5.41, 5.74) is -0.0751. The third-order valence-corrected chi connectivity index (χ3v) is 3.44. The highest BCUT2D eigenvalue weighted by molar-refractivity contribution is 5.87. The van der Waals surface area contributed by atoms with Crippen LogP contribution in [0.15, 0.2) is 18.2 Å². The lowest BCUT2D eigenvalue weighted by Crippen LogP contribution is -2.45. The van der Waals surface area contributed by atoms with Crippen LogP contribution in [0.1, 0.15) is 10.4 Å². The molecule has 5 nitrogen and oxygen atoms in total. The van der Waals surface area contributed by atoms with Crippen molar-refractivity contribution in [2.75, 3.05) is 46.4 Å². The minimum Gasteiger partial charge on any atom is -0.489 e. The Balaban J connectivity index is 1.81. The SMILES string of the molecule is CN1CCN(CCOc2ccc(C(=O)O)cc2F)CC1. The molecular formula is C14H19FN2O3. The Labute approximate surface area is 117 Å². The first-order valence-electron chi connectivity index (χ1n) is 6.63. The molecule has 0 radical (unpaired) electrons. The average molecular weight is 282 g/mol. The number of carboxylic acid groups (broad SMARTS) is 1. The molecule has 0 aliphatic carbocycles. The molecule has 6 heteroatoms. The lowest BCUT2D eigenvalue weighted by atomic mass is 10.2. The third kappa shape index (κ3) is 3.91. The van der Waals surface area contributed by atoms with Gasteiger partial charge in [-0.3, -0.25) is 4.90 Å². The molecule has 1 heterocycles. The van der Waals surface area contributed by atoms with Gasteiger partial charge in [0, 0.05) is 32.7 Å². The Morgan fingerprint density at radius 3 is 2.65 bits per heavy atom. The van der Waals surface area contributed by atoms with Crippen molar-refractivity contribution in [1.29, 1.82) is 0 Å². The molecule has 1 fully saturated rings. The maximum absolute atomic E-state index is 13.6. The van der Waals surface area contributed by atoms with E-state index < -0.39 is 11.8 Å². The van der Waals surface area contributed by atoms with E-state index in [9.17, 15) is 9.18 Å². The lowest BCUT2D eigenvalue weighted by molar-refractivity contribution is 0.0696. The Morgan fingerprint density at radius 1 is 1.35 bits per heavy atom. The van der Waals surface area contributed by atoms with Gasteiger partial charge in [-0.15, -0.1) is 0 Å². The Bertz CT molecular complexity index is 473. The van der Waals surface area contributed by atoms with E-state index in [1.165, 1.54) is 12.1 Å². The van der Waals surface area contributed by atoms with E-state index in [1.54, 1.807) is 0 Å². The number of ether oxygens (including phenoxy) is 1. The molecule has 0 bridgehead atoms. The number of nitrogens with zero attached hydrogens (tertiary/aromatic N) is 2.